The molecule has 1 unspecified atom stereocenters. The number of hydrogen-bond donors (Lipinski definition) is 2. The molecule has 0 spiro atoms. The Morgan fingerprint density at radius 3 is 2.33 bits per heavy atom. The van der Waals surface area contributed by atoms with Crippen LogP contribution in [0.25, 0.3) is 0 Å². The van der Waals surface area contributed by atoms with Gasteiger partial charge in [0.25, 0.3) is 0 Å². The van der Waals surface area contributed by atoms with E-state index in [2.05, 4.69) is 4.72 Å². The molecule has 0 bridgehead atoms. The second kappa shape index (κ2) is 6.97. The molecule has 0 aromatic carbocycles. The number of rotatable bonds is 8. The largest absolute Gasteiger partial charge is 0.389 e. The molecule has 9 heteroatoms. The summed E-state index contributed by atoms with van der Waals surface area (Å²) in [6, 6.07) is 0. The average Bonchev–Trinajstić information content (AvgIpc) is 2.13. The third kappa shape index (κ3) is 9.98. The lowest BCUT2D eigenvalue weighted by molar-refractivity contribution is -0.134. The second-order valence-electron chi connectivity index (χ2n) is 4.29. The van der Waals surface area contributed by atoms with E-state index in [9.17, 15) is 26.7 Å². The molecule has 2 N–H and O–H groups in total. The average molecular weight is 309 g/mol. The van der Waals surface area contributed by atoms with Gasteiger partial charge in [-0.1, -0.05) is 0 Å². The number of aliphatic hydroxyl groups is 1. The molecule has 0 aliphatic heterocycles. The molecule has 0 heterocycles. The summed E-state index contributed by atoms with van der Waals surface area (Å²) in [6.45, 7) is 1.25. The highest BCUT2D eigenvalue weighted by atomic mass is 32.2. The molecule has 1 atom stereocenters. The molecule has 0 fully saturated rings. The number of nitrogens with one attached hydrogen (secondary N) is 1. The molecule has 0 aromatic heterocycles. The highest BCUT2D eigenvalue weighted by Crippen LogP contribution is 2.21. The third-order valence-corrected chi connectivity index (χ3v) is 4.32. The third-order valence-electron chi connectivity index (χ3n) is 2.00. The molecule has 0 saturated heterocycles. The van der Waals surface area contributed by atoms with Gasteiger partial charge in [0.2, 0.25) is 10.0 Å². The van der Waals surface area contributed by atoms with Gasteiger partial charge < -0.3 is 5.11 Å². The summed E-state index contributed by atoms with van der Waals surface area (Å²) in [5.74, 6) is -0.264. The molecule has 0 rings (SSSR count). The maximum absolute atomic E-state index is 11.8. The predicted octanol–water partition coefficient (Wildman–Crippen LogP) is 1.36. The number of alkyl halides is 3. The van der Waals surface area contributed by atoms with Crippen molar-refractivity contribution in [1.82, 2.24) is 4.72 Å². The molecule has 4 nitrogen and oxygen atoms in total. The van der Waals surface area contributed by atoms with Crippen LogP contribution in [0.3, 0.4) is 0 Å². The van der Waals surface area contributed by atoms with Gasteiger partial charge in [0.05, 0.1) is 11.4 Å². The van der Waals surface area contributed by atoms with E-state index in [1.165, 1.54) is 18.7 Å². The van der Waals surface area contributed by atoms with Gasteiger partial charge in [-0.2, -0.15) is 24.9 Å². The van der Waals surface area contributed by atoms with E-state index in [-0.39, 0.29) is 6.54 Å². The highest BCUT2D eigenvalue weighted by Gasteiger charge is 2.28. The Labute approximate surface area is 109 Å². The van der Waals surface area contributed by atoms with Gasteiger partial charge in [0, 0.05) is 18.7 Å². The SMILES string of the molecule is CSCC(C)(O)CNS(=O)(=O)CCCC(F)(F)F. The maximum Gasteiger partial charge on any atom is 0.389 e. The molecular weight excluding hydrogens is 291 g/mol. The number of halogens is 3. The molecule has 0 aromatic rings. The Kier molecular flexibility index (Phi) is 6.97. The Morgan fingerprint density at radius 1 is 1.33 bits per heavy atom. The highest BCUT2D eigenvalue weighted by molar-refractivity contribution is 7.98. The smallest absolute Gasteiger partial charge is 0.388 e. The summed E-state index contributed by atoms with van der Waals surface area (Å²) < 4.78 is 60.4. The molecular formula is C9H18F3NO3S2. The standard InChI is InChI=1S/C9H18F3NO3S2/c1-8(14,7-17-2)6-13-18(15,16)5-3-4-9(10,11)12/h13-14H,3-7H2,1-2H3. The van der Waals surface area contributed by atoms with Crippen molar-refractivity contribution in [3.63, 3.8) is 0 Å². The lowest BCUT2D eigenvalue weighted by Gasteiger charge is -2.22. The van der Waals surface area contributed by atoms with E-state index in [1.807, 2.05) is 0 Å². The molecule has 0 saturated carbocycles. The van der Waals surface area contributed by atoms with Crippen molar-refractivity contribution in [1.29, 1.82) is 0 Å². The first kappa shape index (κ1) is 18.0. The van der Waals surface area contributed by atoms with Crippen molar-refractivity contribution in [2.24, 2.45) is 0 Å². The first-order valence-corrected chi connectivity index (χ1v) is 8.27. The Bertz CT molecular complexity index is 341. The summed E-state index contributed by atoms with van der Waals surface area (Å²) in [5, 5.41) is 9.70. The molecule has 0 amide bonds. The van der Waals surface area contributed by atoms with Gasteiger partial charge in [-0.25, -0.2) is 13.1 Å². The summed E-state index contributed by atoms with van der Waals surface area (Å²) >= 11 is 1.35. The van der Waals surface area contributed by atoms with Crippen molar-refractivity contribution in [3.8, 4) is 0 Å². The topological polar surface area (TPSA) is 66.4 Å². The first-order valence-electron chi connectivity index (χ1n) is 5.23. The zero-order valence-corrected chi connectivity index (χ0v) is 11.9. The lowest BCUT2D eigenvalue weighted by atomic mass is 10.1. The van der Waals surface area contributed by atoms with Crippen LogP contribution in [0.2, 0.25) is 0 Å². The predicted molar refractivity (Wildman–Crippen MR) is 66.1 cm³/mol. The minimum atomic E-state index is -4.35. The number of hydrogen-bond acceptors (Lipinski definition) is 4. The normalized spacial score (nSPS) is 16.6. The van der Waals surface area contributed by atoms with E-state index in [1.54, 1.807) is 6.26 Å². The summed E-state index contributed by atoms with van der Waals surface area (Å²) in [5.41, 5.74) is -1.21. The van der Waals surface area contributed by atoms with Crippen molar-refractivity contribution in [2.45, 2.75) is 31.5 Å². The fourth-order valence-electron chi connectivity index (χ4n) is 1.16. The van der Waals surface area contributed by atoms with Crippen LogP contribution in [-0.2, 0) is 10.0 Å². The van der Waals surface area contributed by atoms with Crippen LogP contribution >= 0.6 is 11.8 Å². The number of thioether (sulfide) groups is 1. The van der Waals surface area contributed by atoms with Gasteiger partial charge in [-0.3, -0.25) is 0 Å². The van der Waals surface area contributed by atoms with E-state index in [4.69, 9.17) is 0 Å². The van der Waals surface area contributed by atoms with Crippen LogP contribution in [0.4, 0.5) is 13.2 Å². The van der Waals surface area contributed by atoms with Gasteiger partial charge in [0.15, 0.2) is 0 Å². The minimum absolute atomic E-state index is 0.206. The van der Waals surface area contributed by atoms with Crippen molar-refractivity contribution >= 4 is 21.8 Å². The fraction of sp³-hybridized carbons (Fsp3) is 1.00. The first-order chi connectivity index (χ1) is 7.97. The molecule has 0 aliphatic rings. The number of sulfonamides is 1. The summed E-state index contributed by atoms with van der Waals surface area (Å²) in [4.78, 5) is 0. The maximum atomic E-state index is 11.8. The van der Waals surface area contributed by atoms with Crippen LogP contribution in [0.1, 0.15) is 19.8 Å². The monoisotopic (exact) mass is 309 g/mol. The summed E-state index contributed by atoms with van der Waals surface area (Å²) in [6.07, 6.45) is -4.20. The summed E-state index contributed by atoms with van der Waals surface area (Å²) in [7, 11) is -3.77. The van der Waals surface area contributed by atoms with Crippen molar-refractivity contribution < 1.29 is 26.7 Å². The molecule has 18 heavy (non-hydrogen) atoms. The van der Waals surface area contributed by atoms with Crippen molar-refractivity contribution in [2.75, 3.05) is 24.3 Å². The quantitative estimate of drug-likeness (QED) is 0.710. The molecule has 0 aliphatic carbocycles. The Morgan fingerprint density at radius 2 is 1.89 bits per heavy atom. The minimum Gasteiger partial charge on any atom is -0.388 e. The van der Waals surface area contributed by atoms with Crippen LogP contribution < -0.4 is 4.72 Å². The van der Waals surface area contributed by atoms with E-state index in [0.717, 1.165) is 0 Å². The fourth-order valence-corrected chi connectivity index (χ4v) is 3.09. The zero-order chi connectivity index (χ0) is 14.4. The lowest BCUT2D eigenvalue weighted by Crippen LogP contribution is -2.43. The molecule has 110 valence electrons. The van der Waals surface area contributed by atoms with E-state index >= 15 is 0 Å². The van der Waals surface area contributed by atoms with Crippen molar-refractivity contribution in [3.05, 3.63) is 0 Å². The van der Waals surface area contributed by atoms with Gasteiger partial charge >= 0.3 is 6.18 Å². The van der Waals surface area contributed by atoms with Gasteiger partial charge in [0.1, 0.15) is 0 Å². The van der Waals surface area contributed by atoms with Crippen LogP contribution in [0, 0.1) is 0 Å². The van der Waals surface area contributed by atoms with E-state index in [0.29, 0.717) is 5.75 Å². The Hall–Kier alpha value is 0.01000. The van der Waals surface area contributed by atoms with Gasteiger partial charge in [-0.15, -0.1) is 0 Å². The van der Waals surface area contributed by atoms with Crippen LogP contribution in [0.5, 0.6) is 0 Å². The van der Waals surface area contributed by atoms with Crippen LogP contribution in [-0.4, -0.2) is 49.6 Å². The molecule has 0 radical (unpaired) electrons. The van der Waals surface area contributed by atoms with E-state index < -0.39 is 40.4 Å². The zero-order valence-electron chi connectivity index (χ0n) is 10.2. The van der Waals surface area contributed by atoms with Gasteiger partial charge in [-0.05, 0) is 19.6 Å². The van der Waals surface area contributed by atoms with Crippen LogP contribution in [0.15, 0.2) is 0 Å². The second-order valence-corrected chi connectivity index (χ2v) is 7.08. The Balaban J connectivity index is 4.09.